The van der Waals surface area contributed by atoms with E-state index in [1.807, 2.05) is 26.1 Å². The number of hydrogen-bond donors (Lipinski definition) is 0. The van der Waals surface area contributed by atoms with E-state index < -0.39 is 17.4 Å². The van der Waals surface area contributed by atoms with Crippen molar-refractivity contribution in [2.24, 2.45) is 18.9 Å². The van der Waals surface area contributed by atoms with Crippen molar-refractivity contribution < 1.29 is 19.1 Å². The Bertz CT molecular complexity index is 804. The lowest BCUT2D eigenvalue weighted by Gasteiger charge is -2.27. The van der Waals surface area contributed by atoms with Crippen molar-refractivity contribution in [1.29, 1.82) is 0 Å². The number of likely N-dealkylation sites (tertiary alicyclic amines) is 1. The Morgan fingerprint density at radius 1 is 1.52 bits per heavy atom. The summed E-state index contributed by atoms with van der Waals surface area (Å²) in [7, 11) is 5.27. The topological polar surface area (TPSA) is 76.9 Å². The van der Waals surface area contributed by atoms with Crippen molar-refractivity contribution in [3.05, 3.63) is 29.6 Å². The van der Waals surface area contributed by atoms with Crippen molar-refractivity contribution >= 4 is 11.8 Å². The van der Waals surface area contributed by atoms with Gasteiger partial charge >= 0.3 is 0 Å². The van der Waals surface area contributed by atoms with Gasteiger partial charge in [0.2, 0.25) is 11.8 Å². The number of aromatic nitrogens is 2. The van der Waals surface area contributed by atoms with Crippen molar-refractivity contribution in [2.45, 2.75) is 25.2 Å². The largest absolute Gasteiger partial charge is 0.383 e. The average molecular weight is 374 g/mol. The van der Waals surface area contributed by atoms with Crippen LogP contribution >= 0.6 is 0 Å². The van der Waals surface area contributed by atoms with E-state index in [2.05, 4.69) is 5.10 Å². The SMILES string of the molecule is COCCN1C[C@]23C=C[C@H](O2)[C@@H](C(=O)N(C)Cc2cnn(C)c2C)[C@H]3C1=O. The van der Waals surface area contributed by atoms with E-state index in [4.69, 9.17) is 9.47 Å². The minimum atomic E-state index is -0.666. The Labute approximate surface area is 158 Å². The van der Waals surface area contributed by atoms with Gasteiger partial charge < -0.3 is 19.3 Å². The Balaban J connectivity index is 1.53. The normalized spacial score (nSPS) is 31.0. The average Bonchev–Trinajstić information content (AvgIpc) is 3.36. The molecule has 1 spiro atoms. The highest BCUT2D eigenvalue weighted by Crippen LogP contribution is 2.52. The molecule has 3 aliphatic heterocycles. The molecule has 0 aliphatic carbocycles. The number of methoxy groups -OCH3 is 1. The number of amides is 2. The first-order valence-corrected chi connectivity index (χ1v) is 9.25. The zero-order chi connectivity index (χ0) is 19.3. The summed E-state index contributed by atoms with van der Waals surface area (Å²) in [5.41, 5.74) is 1.36. The van der Waals surface area contributed by atoms with Crippen molar-refractivity contribution in [3.63, 3.8) is 0 Å². The van der Waals surface area contributed by atoms with Crippen LogP contribution < -0.4 is 0 Å². The zero-order valence-electron chi connectivity index (χ0n) is 16.2. The Morgan fingerprint density at radius 3 is 2.96 bits per heavy atom. The van der Waals surface area contributed by atoms with Gasteiger partial charge in [-0.2, -0.15) is 5.10 Å². The standard InChI is InChI=1S/C19H26N4O4/c1-12-13(9-20-22(12)3)10-21(2)17(24)15-14-5-6-19(27-14)11-23(7-8-26-4)18(25)16(15)19/h5-6,9,14-16H,7-8,10-11H2,1-4H3/t14-,15+,16-,19-/m0/s1. The van der Waals surface area contributed by atoms with Gasteiger partial charge in [0.15, 0.2) is 0 Å². The number of aryl methyl sites for hydroxylation is 1. The highest BCUT2D eigenvalue weighted by molar-refractivity contribution is 5.93. The van der Waals surface area contributed by atoms with Crippen LogP contribution in [0.4, 0.5) is 0 Å². The van der Waals surface area contributed by atoms with Gasteiger partial charge in [0.1, 0.15) is 5.60 Å². The molecular weight excluding hydrogens is 348 g/mol. The molecule has 4 atom stereocenters. The van der Waals surface area contributed by atoms with Gasteiger partial charge in [-0.25, -0.2) is 0 Å². The predicted octanol–water partition coefficient (Wildman–Crippen LogP) is 0.115. The van der Waals surface area contributed by atoms with E-state index in [-0.39, 0.29) is 17.9 Å². The van der Waals surface area contributed by atoms with Gasteiger partial charge in [0.25, 0.3) is 0 Å². The first kappa shape index (κ1) is 18.2. The van der Waals surface area contributed by atoms with Crippen LogP contribution in [-0.2, 0) is 32.7 Å². The van der Waals surface area contributed by atoms with Gasteiger partial charge in [-0.3, -0.25) is 14.3 Å². The molecule has 2 saturated heterocycles. The third kappa shape index (κ3) is 2.70. The van der Waals surface area contributed by atoms with Gasteiger partial charge in [-0.15, -0.1) is 0 Å². The van der Waals surface area contributed by atoms with Gasteiger partial charge in [-0.05, 0) is 6.92 Å². The van der Waals surface area contributed by atoms with Gasteiger partial charge in [0.05, 0.1) is 37.3 Å². The molecule has 4 heterocycles. The van der Waals surface area contributed by atoms with Gasteiger partial charge in [0, 0.05) is 45.6 Å². The number of hydrogen-bond acceptors (Lipinski definition) is 5. The fourth-order valence-corrected chi connectivity index (χ4v) is 4.54. The number of nitrogens with zero attached hydrogens (tertiary/aromatic N) is 4. The summed E-state index contributed by atoms with van der Waals surface area (Å²) in [4.78, 5) is 29.7. The van der Waals surface area contributed by atoms with Crippen LogP contribution in [0.15, 0.2) is 18.3 Å². The summed E-state index contributed by atoms with van der Waals surface area (Å²) in [6.45, 7) is 3.92. The molecule has 2 fully saturated rings. The fraction of sp³-hybridized carbons (Fsp3) is 0.632. The third-order valence-corrected chi connectivity index (χ3v) is 6.15. The molecule has 1 aromatic heterocycles. The molecule has 0 N–H and O–H groups in total. The molecule has 2 amide bonds. The van der Waals surface area contributed by atoms with Crippen LogP contribution in [0.25, 0.3) is 0 Å². The summed E-state index contributed by atoms with van der Waals surface area (Å²) in [6.07, 6.45) is 5.37. The molecule has 2 bridgehead atoms. The van der Waals surface area contributed by atoms with Crippen LogP contribution in [0, 0.1) is 18.8 Å². The molecule has 146 valence electrons. The molecule has 0 unspecified atom stereocenters. The minimum Gasteiger partial charge on any atom is -0.383 e. The van der Waals surface area contributed by atoms with Crippen LogP contribution in [0.1, 0.15) is 11.3 Å². The Morgan fingerprint density at radius 2 is 2.30 bits per heavy atom. The zero-order valence-corrected chi connectivity index (χ0v) is 16.2. The number of carbonyl (C=O) groups is 2. The number of ether oxygens (including phenoxy) is 2. The lowest BCUT2D eigenvalue weighted by atomic mass is 9.76. The summed E-state index contributed by atoms with van der Waals surface area (Å²) in [5, 5.41) is 4.24. The molecule has 3 aliphatic rings. The highest BCUT2D eigenvalue weighted by atomic mass is 16.5. The lowest BCUT2D eigenvalue weighted by molar-refractivity contribution is -0.142. The first-order chi connectivity index (χ1) is 12.9. The maximum atomic E-state index is 13.3. The summed E-state index contributed by atoms with van der Waals surface area (Å²) < 4.78 is 13.0. The second kappa shape index (κ2) is 6.45. The molecular formula is C19H26N4O4. The second-order valence-corrected chi connectivity index (χ2v) is 7.73. The molecule has 4 rings (SSSR count). The number of fused-ring (bicyclic) bond motifs is 1. The van der Waals surface area contributed by atoms with Crippen LogP contribution in [0.2, 0.25) is 0 Å². The predicted molar refractivity (Wildman–Crippen MR) is 96.6 cm³/mol. The molecule has 0 aromatic carbocycles. The molecule has 0 saturated carbocycles. The van der Waals surface area contributed by atoms with Crippen molar-refractivity contribution in [1.82, 2.24) is 19.6 Å². The highest BCUT2D eigenvalue weighted by Gasteiger charge is 2.66. The molecule has 27 heavy (non-hydrogen) atoms. The van der Waals surface area contributed by atoms with Crippen LogP contribution in [-0.4, -0.2) is 77.0 Å². The minimum absolute atomic E-state index is 0.0109. The molecule has 8 nitrogen and oxygen atoms in total. The van der Waals surface area contributed by atoms with Crippen LogP contribution in [0.5, 0.6) is 0 Å². The fourth-order valence-electron chi connectivity index (χ4n) is 4.54. The Kier molecular flexibility index (Phi) is 4.35. The second-order valence-electron chi connectivity index (χ2n) is 7.73. The number of carbonyl (C=O) groups excluding carboxylic acids is 2. The first-order valence-electron chi connectivity index (χ1n) is 9.25. The molecule has 8 heteroatoms. The van der Waals surface area contributed by atoms with Crippen molar-refractivity contribution in [3.8, 4) is 0 Å². The van der Waals surface area contributed by atoms with Crippen molar-refractivity contribution in [2.75, 3.05) is 33.9 Å². The molecule has 0 radical (unpaired) electrons. The summed E-state index contributed by atoms with van der Waals surface area (Å²) in [5.74, 6) is -0.990. The quantitative estimate of drug-likeness (QED) is 0.661. The lowest BCUT2D eigenvalue weighted by Crippen LogP contribution is -2.44. The van der Waals surface area contributed by atoms with E-state index in [0.717, 1.165) is 11.3 Å². The maximum absolute atomic E-state index is 13.3. The van der Waals surface area contributed by atoms with E-state index in [1.54, 1.807) is 34.8 Å². The summed E-state index contributed by atoms with van der Waals surface area (Å²) >= 11 is 0. The monoisotopic (exact) mass is 374 g/mol. The van der Waals surface area contributed by atoms with Crippen LogP contribution in [0.3, 0.4) is 0 Å². The third-order valence-electron chi connectivity index (χ3n) is 6.15. The smallest absolute Gasteiger partial charge is 0.230 e. The maximum Gasteiger partial charge on any atom is 0.230 e. The van der Waals surface area contributed by atoms with E-state index in [0.29, 0.717) is 26.2 Å². The van der Waals surface area contributed by atoms with E-state index >= 15 is 0 Å². The molecule has 1 aromatic rings. The summed E-state index contributed by atoms with van der Waals surface area (Å²) in [6, 6.07) is 0. The Hall–Kier alpha value is -2.19. The van der Waals surface area contributed by atoms with Gasteiger partial charge in [-0.1, -0.05) is 12.2 Å². The van der Waals surface area contributed by atoms with E-state index in [9.17, 15) is 9.59 Å². The number of rotatable bonds is 6. The van der Waals surface area contributed by atoms with E-state index in [1.165, 1.54) is 0 Å².